The zero-order valence-corrected chi connectivity index (χ0v) is 8.66. The highest BCUT2D eigenvalue weighted by atomic mass is 35.5. The lowest BCUT2D eigenvalue weighted by Crippen LogP contribution is -1.99. The van der Waals surface area contributed by atoms with Gasteiger partial charge in [-0.1, -0.05) is 16.8 Å². The summed E-state index contributed by atoms with van der Waals surface area (Å²) >= 11 is 5.98. The van der Waals surface area contributed by atoms with Crippen molar-refractivity contribution >= 4 is 23.0 Å². The van der Waals surface area contributed by atoms with E-state index >= 15 is 0 Å². The third-order valence-electron chi connectivity index (χ3n) is 1.94. The number of nitrogen functional groups attached to an aromatic ring is 1. The maximum Gasteiger partial charge on any atom is 0.155 e. The Kier molecular flexibility index (Phi) is 2.78. The molecule has 1 heterocycles. The average molecular weight is 224 g/mol. The van der Waals surface area contributed by atoms with Crippen LogP contribution in [0.4, 0.5) is 11.4 Å². The molecular weight excluding hydrogens is 214 g/mol. The fourth-order valence-electron chi connectivity index (χ4n) is 1.19. The van der Waals surface area contributed by atoms with Crippen LogP contribution in [0.3, 0.4) is 0 Å². The molecule has 3 N–H and O–H groups in total. The fraction of sp³-hybridized carbons (Fsp3) is 0.100. The summed E-state index contributed by atoms with van der Waals surface area (Å²) in [7, 11) is 0. The third kappa shape index (κ3) is 2.41. The minimum Gasteiger partial charge on any atom is -0.399 e. The molecule has 0 amide bonds. The first-order chi connectivity index (χ1) is 7.25. The van der Waals surface area contributed by atoms with Gasteiger partial charge in [-0.05, 0) is 18.2 Å². The van der Waals surface area contributed by atoms with Gasteiger partial charge in [-0.25, -0.2) is 0 Å². The van der Waals surface area contributed by atoms with Crippen LogP contribution in [0.1, 0.15) is 5.76 Å². The summed E-state index contributed by atoms with van der Waals surface area (Å²) in [6, 6.07) is 7.10. The van der Waals surface area contributed by atoms with E-state index in [2.05, 4.69) is 10.5 Å². The van der Waals surface area contributed by atoms with Crippen molar-refractivity contribution in [2.24, 2.45) is 0 Å². The Morgan fingerprint density at radius 1 is 1.40 bits per heavy atom. The lowest BCUT2D eigenvalue weighted by atomic mass is 10.3. The van der Waals surface area contributed by atoms with Crippen molar-refractivity contribution in [3.8, 4) is 0 Å². The molecule has 0 saturated heterocycles. The summed E-state index contributed by atoms with van der Waals surface area (Å²) < 4.78 is 4.94. The van der Waals surface area contributed by atoms with E-state index in [0.717, 1.165) is 11.4 Å². The molecular formula is C10H10ClN3O. The number of nitrogens with one attached hydrogen (secondary N) is 1. The molecule has 0 fully saturated rings. The second kappa shape index (κ2) is 4.23. The second-order valence-electron chi connectivity index (χ2n) is 3.07. The van der Waals surface area contributed by atoms with Gasteiger partial charge in [0.2, 0.25) is 0 Å². The van der Waals surface area contributed by atoms with Crippen molar-refractivity contribution < 1.29 is 4.52 Å². The Labute approximate surface area is 92.0 Å². The number of rotatable bonds is 3. The summed E-state index contributed by atoms with van der Waals surface area (Å²) in [6.07, 6.45) is 1.60. The van der Waals surface area contributed by atoms with Gasteiger partial charge in [0.05, 0.1) is 23.5 Å². The van der Waals surface area contributed by atoms with E-state index in [9.17, 15) is 0 Å². The fourth-order valence-corrected chi connectivity index (χ4v) is 1.45. The van der Waals surface area contributed by atoms with E-state index in [0.29, 0.717) is 17.3 Å². The first-order valence-electron chi connectivity index (χ1n) is 4.44. The monoisotopic (exact) mass is 223 g/mol. The molecule has 0 aliphatic carbocycles. The summed E-state index contributed by atoms with van der Waals surface area (Å²) in [4.78, 5) is 0. The lowest BCUT2D eigenvalue weighted by molar-refractivity contribution is 0.388. The number of halogens is 1. The number of nitrogens with two attached hydrogens (primary N) is 1. The van der Waals surface area contributed by atoms with Gasteiger partial charge in [0.15, 0.2) is 5.76 Å². The molecule has 78 valence electrons. The zero-order valence-electron chi connectivity index (χ0n) is 7.90. The Balaban J connectivity index is 2.05. The van der Waals surface area contributed by atoms with Gasteiger partial charge >= 0.3 is 0 Å². The number of nitrogens with zero attached hydrogens (tertiary/aromatic N) is 1. The summed E-state index contributed by atoms with van der Waals surface area (Å²) in [5.41, 5.74) is 7.04. The molecule has 0 spiro atoms. The molecule has 15 heavy (non-hydrogen) atoms. The van der Waals surface area contributed by atoms with Crippen molar-refractivity contribution in [1.82, 2.24) is 5.16 Å². The van der Waals surface area contributed by atoms with Gasteiger partial charge in [0.25, 0.3) is 0 Å². The molecule has 5 heteroatoms. The summed E-state index contributed by atoms with van der Waals surface area (Å²) in [5.74, 6) is 0.753. The molecule has 0 saturated carbocycles. The molecule has 0 unspecified atom stereocenters. The molecule has 1 aromatic carbocycles. The van der Waals surface area contributed by atoms with Crippen LogP contribution in [0.5, 0.6) is 0 Å². The number of anilines is 2. The maximum absolute atomic E-state index is 5.98. The number of benzene rings is 1. The predicted molar refractivity (Wildman–Crippen MR) is 59.7 cm³/mol. The first-order valence-corrected chi connectivity index (χ1v) is 4.82. The average Bonchev–Trinajstić information content (AvgIpc) is 2.69. The lowest BCUT2D eigenvalue weighted by Gasteiger charge is -2.06. The minimum absolute atomic E-state index is 0.545. The van der Waals surface area contributed by atoms with Crippen molar-refractivity contribution in [2.45, 2.75) is 6.54 Å². The van der Waals surface area contributed by atoms with Gasteiger partial charge in [-0.2, -0.15) is 0 Å². The molecule has 2 aromatic rings. The van der Waals surface area contributed by atoms with Crippen LogP contribution in [-0.4, -0.2) is 5.16 Å². The topological polar surface area (TPSA) is 64.1 Å². The van der Waals surface area contributed by atoms with Crippen molar-refractivity contribution in [1.29, 1.82) is 0 Å². The zero-order chi connectivity index (χ0) is 10.7. The predicted octanol–water partition coefficient (Wildman–Crippen LogP) is 2.52. The van der Waals surface area contributed by atoms with Gasteiger partial charge < -0.3 is 15.6 Å². The quantitative estimate of drug-likeness (QED) is 0.785. The molecule has 0 aliphatic rings. The second-order valence-corrected chi connectivity index (χ2v) is 3.48. The van der Waals surface area contributed by atoms with E-state index in [1.54, 1.807) is 24.4 Å². The SMILES string of the molecule is Nc1ccc(NCc2ccno2)c(Cl)c1. The van der Waals surface area contributed by atoms with E-state index < -0.39 is 0 Å². The smallest absolute Gasteiger partial charge is 0.155 e. The Hall–Kier alpha value is -1.68. The highest BCUT2D eigenvalue weighted by Gasteiger charge is 2.01. The van der Waals surface area contributed by atoms with Crippen LogP contribution in [-0.2, 0) is 6.54 Å². The van der Waals surface area contributed by atoms with Crippen LogP contribution < -0.4 is 11.1 Å². The minimum atomic E-state index is 0.545. The van der Waals surface area contributed by atoms with E-state index in [4.69, 9.17) is 21.9 Å². The third-order valence-corrected chi connectivity index (χ3v) is 2.25. The van der Waals surface area contributed by atoms with Crippen LogP contribution in [0, 0.1) is 0 Å². The first kappa shape index (κ1) is 9.86. The summed E-state index contributed by atoms with van der Waals surface area (Å²) in [6.45, 7) is 0.545. The van der Waals surface area contributed by atoms with Gasteiger partial charge in [-0.3, -0.25) is 0 Å². The normalized spacial score (nSPS) is 10.2. The van der Waals surface area contributed by atoms with Crippen molar-refractivity contribution in [3.63, 3.8) is 0 Å². The molecule has 0 radical (unpaired) electrons. The standard InChI is InChI=1S/C10H10ClN3O/c11-9-5-7(12)1-2-10(9)13-6-8-3-4-14-15-8/h1-5,13H,6,12H2. The van der Waals surface area contributed by atoms with Crippen LogP contribution in [0.25, 0.3) is 0 Å². The highest BCUT2D eigenvalue weighted by molar-refractivity contribution is 6.33. The number of hydrogen-bond acceptors (Lipinski definition) is 4. The maximum atomic E-state index is 5.98. The molecule has 1 aromatic heterocycles. The van der Waals surface area contributed by atoms with E-state index in [1.165, 1.54) is 0 Å². The number of aromatic nitrogens is 1. The molecule has 0 bridgehead atoms. The highest BCUT2D eigenvalue weighted by Crippen LogP contribution is 2.24. The molecule has 0 atom stereocenters. The van der Waals surface area contributed by atoms with Gasteiger partial charge in [0, 0.05) is 11.8 Å². The number of hydrogen-bond donors (Lipinski definition) is 2. The van der Waals surface area contributed by atoms with Crippen LogP contribution >= 0.6 is 11.6 Å². The van der Waals surface area contributed by atoms with Crippen LogP contribution in [0.15, 0.2) is 35.0 Å². The Morgan fingerprint density at radius 3 is 2.93 bits per heavy atom. The van der Waals surface area contributed by atoms with E-state index in [-0.39, 0.29) is 0 Å². The van der Waals surface area contributed by atoms with Crippen molar-refractivity contribution in [2.75, 3.05) is 11.1 Å². The van der Waals surface area contributed by atoms with E-state index in [1.807, 2.05) is 6.07 Å². The van der Waals surface area contributed by atoms with Gasteiger partial charge in [-0.15, -0.1) is 0 Å². The van der Waals surface area contributed by atoms with Crippen molar-refractivity contribution in [3.05, 3.63) is 41.2 Å². The van der Waals surface area contributed by atoms with Crippen LogP contribution in [0.2, 0.25) is 5.02 Å². The molecule has 0 aliphatic heterocycles. The van der Waals surface area contributed by atoms with Gasteiger partial charge in [0.1, 0.15) is 0 Å². The largest absolute Gasteiger partial charge is 0.399 e. The Bertz CT molecular complexity index is 442. The molecule has 4 nitrogen and oxygen atoms in total. The summed E-state index contributed by atoms with van der Waals surface area (Å²) in [5, 5.41) is 7.32. The molecule has 2 rings (SSSR count). The Morgan fingerprint density at radius 2 is 2.27 bits per heavy atom.